The molecular formula is C21H24N4O3S. The van der Waals surface area contributed by atoms with Gasteiger partial charge in [0.1, 0.15) is 0 Å². The summed E-state index contributed by atoms with van der Waals surface area (Å²) in [6.45, 7) is 3.67. The minimum Gasteiger partial charge on any atom is -0.335 e. The summed E-state index contributed by atoms with van der Waals surface area (Å²) in [6.07, 6.45) is 1.49. The molecule has 8 heteroatoms. The summed E-state index contributed by atoms with van der Waals surface area (Å²) in [5, 5.41) is 4.82. The third kappa shape index (κ3) is 4.65. The first-order valence-corrected chi connectivity index (χ1v) is 10.7. The third-order valence-corrected chi connectivity index (χ3v) is 6.15. The van der Waals surface area contributed by atoms with Gasteiger partial charge in [0.25, 0.3) is 5.91 Å². The Morgan fingerprint density at radius 2 is 1.76 bits per heavy atom. The SMILES string of the molecule is O=C(CN1CCN(C(=O)c2cccs2)CC1)Nc1ccc(N2CCCC2=O)cc1. The van der Waals surface area contributed by atoms with Crippen molar-refractivity contribution in [3.63, 3.8) is 0 Å². The molecule has 0 unspecified atom stereocenters. The van der Waals surface area contributed by atoms with Gasteiger partial charge >= 0.3 is 0 Å². The second-order valence-electron chi connectivity index (χ2n) is 7.29. The Morgan fingerprint density at radius 3 is 2.38 bits per heavy atom. The number of hydrogen-bond donors (Lipinski definition) is 1. The number of carbonyl (C=O) groups excluding carboxylic acids is 3. The first-order chi connectivity index (χ1) is 14.1. The smallest absolute Gasteiger partial charge is 0.264 e. The van der Waals surface area contributed by atoms with Crippen molar-refractivity contribution in [3.05, 3.63) is 46.7 Å². The first kappa shape index (κ1) is 19.6. The van der Waals surface area contributed by atoms with Gasteiger partial charge in [-0.2, -0.15) is 0 Å². The highest BCUT2D eigenvalue weighted by atomic mass is 32.1. The van der Waals surface area contributed by atoms with E-state index in [-0.39, 0.29) is 17.7 Å². The second-order valence-corrected chi connectivity index (χ2v) is 8.24. The molecule has 152 valence electrons. The molecule has 1 aromatic carbocycles. The number of rotatable bonds is 5. The van der Waals surface area contributed by atoms with Crippen LogP contribution in [0.5, 0.6) is 0 Å². The molecule has 0 spiro atoms. The van der Waals surface area contributed by atoms with E-state index < -0.39 is 0 Å². The zero-order valence-corrected chi connectivity index (χ0v) is 17.0. The Balaban J connectivity index is 1.24. The highest BCUT2D eigenvalue weighted by molar-refractivity contribution is 7.12. The average molecular weight is 413 g/mol. The molecule has 1 aromatic heterocycles. The summed E-state index contributed by atoms with van der Waals surface area (Å²) >= 11 is 1.46. The quantitative estimate of drug-likeness (QED) is 0.818. The number of anilines is 2. The maximum Gasteiger partial charge on any atom is 0.264 e. The minimum absolute atomic E-state index is 0.0701. The van der Waals surface area contributed by atoms with Crippen LogP contribution >= 0.6 is 11.3 Å². The van der Waals surface area contributed by atoms with Crippen LogP contribution in [0.4, 0.5) is 11.4 Å². The summed E-state index contributed by atoms with van der Waals surface area (Å²) in [6, 6.07) is 11.1. The van der Waals surface area contributed by atoms with Crippen molar-refractivity contribution in [2.75, 3.05) is 49.5 Å². The van der Waals surface area contributed by atoms with E-state index in [0.717, 1.165) is 29.2 Å². The number of amides is 3. The molecule has 3 heterocycles. The van der Waals surface area contributed by atoms with Crippen LogP contribution in [0.2, 0.25) is 0 Å². The molecule has 2 saturated heterocycles. The highest BCUT2D eigenvalue weighted by Crippen LogP contribution is 2.23. The van der Waals surface area contributed by atoms with Gasteiger partial charge in [-0.05, 0) is 42.1 Å². The van der Waals surface area contributed by atoms with Gasteiger partial charge < -0.3 is 15.1 Å². The molecule has 2 aliphatic rings. The molecule has 2 fully saturated rings. The van der Waals surface area contributed by atoms with Gasteiger partial charge in [0.15, 0.2) is 0 Å². The van der Waals surface area contributed by atoms with E-state index in [9.17, 15) is 14.4 Å². The van der Waals surface area contributed by atoms with Crippen LogP contribution < -0.4 is 10.2 Å². The fraction of sp³-hybridized carbons (Fsp3) is 0.381. The van der Waals surface area contributed by atoms with Crippen LogP contribution in [-0.4, -0.2) is 66.8 Å². The van der Waals surface area contributed by atoms with E-state index >= 15 is 0 Å². The topological polar surface area (TPSA) is 73.0 Å². The van der Waals surface area contributed by atoms with E-state index in [4.69, 9.17) is 0 Å². The summed E-state index contributed by atoms with van der Waals surface area (Å²) in [5.74, 6) is 0.146. The predicted molar refractivity (Wildman–Crippen MR) is 113 cm³/mol. The minimum atomic E-state index is -0.0759. The van der Waals surface area contributed by atoms with Gasteiger partial charge in [-0.25, -0.2) is 0 Å². The molecule has 2 aromatic rings. The molecule has 3 amide bonds. The maximum atomic E-state index is 12.4. The summed E-state index contributed by atoms with van der Waals surface area (Å²) < 4.78 is 0. The van der Waals surface area contributed by atoms with Gasteiger partial charge in [-0.3, -0.25) is 19.3 Å². The lowest BCUT2D eigenvalue weighted by Crippen LogP contribution is -2.50. The monoisotopic (exact) mass is 412 g/mol. The van der Waals surface area contributed by atoms with Crippen molar-refractivity contribution in [1.29, 1.82) is 0 Å². The Morgan fingerprint density at radius 1 is 1.00 bits per heavy atom. The largest absolute Gasteiger partial charge is 0.335 e. The molecule has 4 rings (SSSR count). The van der Waals surface area contributed by atoms with Gasteiger partial charge in [0.2, 0.25) is 11.8 Å². The Hall–Kier alpha value is -2.71. The van der Waals surface area contributed by atoms with Crippen LogP contribution in [0.15, 0.2) is 41.8 Å². The molecule has 0 bridgehead atoms. The van der Waals surface area contributed by atoms with Crippen molar-refractivity contribution >= 4 is 40.4 Å². The molecule has 0 radical (unpaired) electrons. The Labute approximate surface area is 173 Å². The summed E-state index contributed by atoms with van der Waals surface area (Å²) in [5.41, 5.74) is 1.59. The number of hydrogen-bond acceptors (Lipinski definition) is 5. The van der Waals surface area contributed by atoms with Crippen molar-refractivity contribution in [1.82, 2.24) is 9.80 Å². The maximum absolute atomic E-state index is 12.4. The van der Waals surface area contributed by atoms with Crippen molar-refractivity contribution in [2.24, 2.45) is 0 Å². The zero-order valence-electron chi connectivity index (χ0n) is 16.2. The normalized spacial score (nSPS) is 17.6. The van der Waals surface area contributed by atoms with Crippen LogP contribution in [0, 0.1) is 0 Å². The van der Waals surface area contributed by atoms with Gasteiger partial charge in [0, 0.05) is 50.5 Å². The van der Waals surface area contributed by atoms with Gasteiger partial charge in [0.05, 0.1) is 11.4 Å². The van der Waals surface area contributed by atoms with E-state index in [2.05, 4.69) is 10.2 Å². The average Bonchev–Trinajstić information content (AvgIpc) is 3.41. The van der Waals surface area contributed by atoms with E-state index in [1.54, 1.807) is 4.90 Å². The lowest BCUT2D eigenvalue weighted by molar-refractivity contribution is -0.118. The molecule has 0 saturated carbocycles. The molecule has 29 heavy (non-hydrogen) atoms. The highest BCUT2D eigenvalue weighted by Gasteiger charge is 2.24. The molecular weight excluding hydrogens is 388 g/mol. The molecule has 1 N–H and O–H groups in total. The lowest BCUT2D eigenvalue weighted by Gasteiger charge is -2.34. The van der Waals surface area contributed by atoms with Gasteiger partial charge in [-0.15, -0.1) is 11.3 Å². The van der Waals surface area contributed by atoms with Gasteiger partial charge in [-0.1, -0.05) is 6.07 Å². The van der Waals surface area contributed by atoms with E-state index in [1.807, 2.05) is 46.7 Å². The number of piperazine rings is 1. The number of thiophene rings is 1. The summed E-state index contributed by atoms with van der Waals surface area (Å²) in [4.78, 5) is 43.0. The fourth-order valence-corrected chi connectivity index (χ4v) is 4.41. The van der Waals surface area contributed by atoms with Crippen molar-refractivity contribution in [3.8, 4) is 0 Å². The predicted octanol–water partition coefficient (Wildman–Crippen LogP) is 2.27. The molecule has 0 atom stereocenters. The number of benzene rings is 1. The van der Waals surface area contributed by atoms with Crippen molar-refractivity contribution in [2.45, 2.75) is 12.8 Å². The van der Waals surface area contributed by atoms with Crippen LogP contribution in [0.25, 0.3) is 0 Å². The summed E-state index contributed by atoms with van der Waals surface area (Å²) in [7, 11) is 0. The Bertz CT molecular complexity index is 874. The third-order valence-electron chi connectivity index (χ3n) is 5.29. The Kier molecular flexibility index (Phi) is 5.92. The first-order valence-electron chi connectivity index (χ1n) is 9.85. The zero-order chi connectivity index (χ0) is 20.2. The molecule has 0 aliphatic carbocycles. The van der Waals surface area contributed by atoms with E-state index in [0.29, 0.717) is 39.1 Å². The standard InChI is InChI=1S/C21H24N4O3S/c26-19(22-16-5-7-17(8-6-16)25-9-1-4-20(25)27)15-23-10-12-24(13-11-23)21(28)18-3-2-14-29-18/h2-3,5-8,14H,1,4,9-13,15H2,(H,22,26). The number of nitrogens with one attached hydrogen (secondary N) is 1. The molecule has 2 aliphatic heterocycles. The van der Waals surface area contributed by atoms with E-state index in [1.165, 1.54) is 11.3 Å². The second kappa shape index (κ2) is 8.75. The fourth-order valence-electron chi connectivity index (χ4n) is 3.71. The van der Waals surface area contributed by atoms with Crippen molar-refractivity contribution < 1.29 is 14.4 Å². The van der Waals surface area contributed by atoms with Crippen LogP contribution in [-0.2, 0) is 9.59 Å². The number of carbonyl (C=O) groups is 3. The lowest BCUT2D eigenvalue weighted by atomic mass is 10.2. The van der Waals surface area contributed by atoms with Crippen LogP contribution in [0.3, 0.4) is 0 Å². The molecule has 7 nitrogen and oxygen atoms in total. The van der Waals surface area contributed by atoms with Crippen LogP contribution in [0.1, 0.15) is 22.5 Å². The number of nitrogens with zero attached hydrogens (tertiary/aromatic N) is 3.